The van der Waals surface area contributed by atoms with Crippen molar-refractivity contribution in [3.63, 3.8) is 0 Å². The second kappa shape index (κ2) is 1.92. The predicted molar refractivity (Wildman–Crippen MR) is 30.3 cm³/mol. The SMILES string of the molecule is CCS(=O)N1CC1. The first kappa shape index (κ1) is 5.25. The smallest absolute Gasteiger partial charge is 0.0940 e. The highest BCUT2D eigenvalue weighted by Gasteiger charge is 2.21. The Morgan fingerprint density at radius 1 is 1.71 bits per heavy atom. The van der Waals surface area contributed by atoms with E-state index < -0.39 is 11.0 Å². The largest absolute Gasteiger partial charge is 0.243 e. The van der Waals surface area contributed by atoms with Crippen LogP contribution in [0.25, 0.3) is 0 Å². The van der Waals surface area contributed by atoms with Crippen molar-refractivity contribution >= 4 is 11.0 Å². The fraction of sp³-hybridized carbons (Fsp3) is 1.00. The van der Waals surface area contributed by atoms with Crippen LogP contribution in [0.3, 0.4) is 0 Å². The standard InChI is InChI=1S/C4H9NOS/c1-2-7(6)5-3-4-5/h2-4H2,1H3. The highest BCUT2D eigenvalue weighted by atomic mass is 32.2. The van der Waals surface area contributed by atoms with E-state index in [1.165, 1.54) is 0 Å². The van der Waals surface area contributed by atoms with Crippen LogP contribution in [0.1, 0.15) is 6.92 Å². The third kappa shape index (κ3) is 1.24. The van der Waals surface area contributed by atoms with Gasteiger partial charge in [0.05, 0.1) is 11.0 Å². The molecule has 0 radical (unpaired) electrons. The molecular formula is C4H9NOS. The Labute approximate surface area is 46.1 Å². The molecule has 1 rings (SSSR count). The number of hydrogen-bond acceptors (Lipinski definition) is 1. The second-order valence-electron chi connectivity index (χ2n) is 1.54. The summed E-state index contributed by atoms with van der Waals surface area (Å²) in [6.45, 7) is 4.02. The van der Waals surface area contributed by atoms with E-state index in [1.54, 1.807) is 0 Å². The molecule has 3 heteroatoms. The minimum absolute atomic E-state index is 0.634. The van der Waals surface area contributed by atoms with Crippen molar-refractivity contribution in [3.8, 4) is 0 Å². The summed E-state index contributed by atoms with van der Waals surface area (Å²) in [5, 5.41) is 0. The summed E-state index contributed by atoms with van der Waals surface area (Å²) in [5.74, 6) is 0.778. The Morgan fingerprint density at radius 3 is 2.43 bits per heavy atom. The topological polar surface area (TPSA) is 20.1 Å². The normalized spacial score (nSPS) is 24.7. The Balaban J connectivity index is 2.24. The predicted octanol–water partition coefficient (Wildman–Crippen LogP) is -0.0144. The lowest BCUT2D eigenvalue weighted by Crippen LogP contribution is -2.03. The van der Waals surface area contributed by atoms with E-state index in [0.717, 1.165) is 18.8 Å². The highest BCUT2D eigenvalue weighted by Crippen LogP contribution is 2.06. The van der Waals surface area contributed by atoms with E-state index in [0.29, 0.717) is 0 Å². The Bertz CT molecular complexity index is 89.7. The maximum absolute atomic E-state index is 10.6. The molecule has 1 aliphatic rings. The fourth-order valence-electron chi connectivity index (χ4n) is 0.427. The zero-order chi connectivity index (χ0) is 5.28. The van der Waals surface area contributed by atoms with Gasteiger partial charge in [0.2, 0.25) is 0 Å². The molecule has 1 saturated heterocycles. The second-order valence-corrected chi connectivity index (χ2v) is 3.28. The number of hydrogen-bond donors (Lipinski definition) is 0. The van der Waals surface area contributed by atoms with Crippen LogP contribution in [0.5, 0.6) is 0 Å². The van der Waals surface area contributed by atoms with Gasteiger partial charge < -0.3 is 0 Å². The summed E-state index contributed by atoms with van der Waals surface area (Å²) in [4.78, 5) is 0. The van der Waals surface area contributed by atoms with Crippen molar-refractivity contribution in [2.24, 2.45) is 0 Å². The summed E-state index contributed by atoms with van der Waals surface area (Å²) in [5.41, 5.74) is 0. The molecule has 0 aromatic rings. The maximum Gasteiger partial charge on any atom is 0.0940 e. The van der Waals surface area contributed by atoms with Gasteiger partial charge in [-0.2, -0.15) is 0 Å². The molecular weight excluding hydrogens is 110 g/mol. The first-order chi connectivity index (χ1) is 3.34. The summed E-state index contributed by atoms with van der Waals surface area (Å²) in [6.07, 6.45) is 0. The van der Waals surface area contributed by atoms with Gasteiger partial charge in [-0.3, -0.25) is 0 Å². The highest BCUT2D eigenvalue weighted by molar-refractivity contribution is 7.82. The van der Waals surface area contributed by atoms with Gasteiger partial charge in [0.25, 0.3) is 0 Å². The molecule has 2 nitrogen and oxygen atoms in total. The zero-order valence-electron chi connectivity index (χ0n) is 4.39. The molecule has 0 aromatic carbocycles. The first-order valence-corrected chi connectivity index (χ1v) is 3.75. The third-order valence-electron chi connectivity index (χ3n) is 0.941. The van der Waals surface area contributed by atoms with Gasteiger partial charge in [-0.15, -0.1) is 0 Å². The van der Waals surface area contributed by atoms with Crippen LogP contribution < -0.4 is 0 Å². The summed E-state index contributed by atoms with van der Waals surface area (Å²) in [6, 6.07) is 0. The van der Waals surface area contributed by atoms with Crippen molar-refractivity contribution in [2.75, 3.05) is 18.8 Å². The quantitative estimate of drug-likeness (QED) is 0.468. The lowest BCUT2D eigenvalue weighted by atomic mass is 11.0. The van der Waals surface area contributed by atoms with Crippen molar-refractivity contribution in [1.29, 1.82) is 0 Å². The van der Waals surface area contributed by atoms with Crippen molar-refractivity contribution in [3.05, 3.63) is 0 Å². The molecule has 7 heavy (non-hydrogen) atoms. The van der Waals surface area contributed by atoms with Crippen LogP contribution >= 0.6 is 0 Å². The molecule has 0 saturated carbocycles. The van der Waals surface area contributed by atoms with Crippen LogP contribution in [0.4, 0.5) is 0 Å². The average molecular weight is 119 g/mol. The van der Waals surface area contributed by atoms with Gasteiger partial charge in [-0.05, 0) is 0 Å². The minimum atomic E-state index is -0.634. The Hall–Kier alpha value is 0.110. The monoisotopic (exact) mass is 119 g/mol. The van der Waals surface area contributed by atoms with Crippen LogP contribution in [-0.4, -0.2) is 27.4 Å². The minimum Gasteiger partial charge on any atom is -0.243 e. The molecule has 1 aliphatic heterocycles. The van der Waals surface area contributed by atoms with Crippen molar-refractivity contribution in [1.82, 2.24) is 4.31 Å². The van der Waals surface area contributed by atoms with E-state index >= 15 is 0 Å². The van der Waals surface area contributed by atoms with Gasteiger partial charge in [-0.25, -0.2) is 8.51 Å². The van der Waals surface area contributed by atoms with Crippen LogP contribution in [0.2, 0.25) is 0 Å². The summed E-state index contributed by atoms with van der Waals surface area (Å²) < 4.78 is 12.6. The molecule has 0 spiro atoms. The van der Waals surface area contributed by atoms with Gasteiger partial charge >= 0.3 is 0 Å². The summed E-state index contributed by atoms with van der Waals surface area (Å²) >= 11 is 0. The molecule has 1 fully saturated rings. The van der Waals surface area contributed by atoms with Gasteiger partial charge in [-0.1, -0.05) is 6.92 Å². The number of rotatable bonds is 2. The van der Waals surface area contributed by atoms with E-state index in [1.807, 2.05) is 11.2 Å². The van der Waals surface area contributed by atoms with Gasteiger partial charge in [0.15, 0.2) is 0 Å². The van der Waals surface area contributed by atoms with E-state index in [-0.39, 0.29) is 0 Å². The molecule has 0 aromatic heterocycles. The van der Waals surface area contributed by atoms with Crippen LogP contribution in [0.15, 0.2) is 0 Å². The Morgan fingerprint density at radius 2 is 2.29 bits per heavy atom. The third-order valence-corrected chi connectivity index (χ3v) is 2.38. The van der Waals surface area contributed by atoms with Crippen LogP contribution in [-0.2, 0) is 11.0 Å². The molecule has 42 valence electrons. The van der Waals surface area contributed by atoms with Crippen molar-refractivity contribution < 1.29 is 4.21 Å². The molecule has 1 unspecified atom stereocenters. The first-order valence-electron chi connectivity index (χ1n) is 2.48. The zero-order valence-corrected chi connectivity index (χ0v) is 5.20. The molecule has 0 aliphatic carbocycles. The van der Waals surface area contributed by atoms with Gasteiger partial charge in [0, 0.05) is 18.8 Å². The van der Waals surface area contributed by atoms with E-state index in [2.05, 4.69) is 0 Å². The molecule has 0 N–H and O–H groups in total. The van der Waals surface area contributed by atoms with E-state index in [9.17, 15) is 4.21 Å². The lowest BCUT2D eigenvalue weighted by molar-refractivity contribution is 0.658. The van der Waals surface area contributed by atoms with Crippen molar-refractivity contribution in [2.45, 2.75) is 6.92 Å². The van der Waals surface area contributed by atoms with Gasteiger partial charge in [0.1, 0.15) is 0 Å². The molecule has 1 heterocycles. The Kier molecular flexibility index (Phi) is 1.44. The summed E-state index contributed by atoms with van der Waals surface area (Å²) in [7, 11) is -0.634. The fourth-order valence-corrected chi connectivity index (χ4v) is 1.28. The van der Waals surface area contributed by atoms with E-state index in [4.69, 9.17) is 0 Å². The molecule has 1 atom stereocenters. The number of nitrogens with zero attached hydrogens (tertiary/aromatic N) is 1. The maximum atomic E-state index is 10.6. The average Bonchev–Trinajstić information content (AvgIpc) is 2.44. The molecule has 0 amide bonds. The molecule has 0 bridgehead atoms. The lowest BCUT2D eigenvalue weighted by Gasteiger charge is -1.91. The van der Waals surface area contributed by atoms with Crippen LogP contribution in [0, 0.1) is 0 Å².